The zero-order chi connectivity index (χ0) is 24.1. The van der Waals surface area contributed by atoms with Crippen LogP contribution in [-0.4, -0.2) is 49.2 Å². The van der Waals surface area contributed by atoms with Gasteiger partial charge in [0, 0.05) is 35.3 Å². The molecule has 8 nitrogen and oxygen atoms in total. The first-order chi connectivity index (χ1) is 17.0. The number of halogens is 1. The maximum atomic E-state index is 13.9. The molecule has 5 aromatic rings. The first-order valence-electron chi connectivity index (χ1n) is 11.5. The average Bonchev–Trinajstić information content (AvgIpc) is 3.21. The first kappa shape index (κ1) is 21.8. The lowest BCUT2D eigenvalue weighted by Gasteiger charge is -2.23. The standard InChI is InChI=1S/C26H23ClN6O2/c1-3-35-26-28-14-17-12-20(25(34)33(24(17)30-26)19-7-5-18(27)6-8-19)16-4-9-21-22(13-16)32-11-10-31(2)15-23(32)29-21/h4-9,12-14H,3,10-11,15H2,1-2H3. The van der Waals surface area contributed by atoms with E-state index in [1.807, 2.05) is 37.3 Å². The Hall–Kier alpha value is -3.75. The van der Waals surface area contributed by atoms with Crippen LogP contribution in [0.1, 0.15) is 12.7 Å². The highest BCUT2D eigenvalue weighted by molar-refractivity contribution is 6.30. The molecule has 35 heavy (non-hydrogen) atoms. The first-order valence-corrected chi connectivity index (χ1v) is 11.9. The average molecular weight is 487 g/mol. The number of aromatic nitrogens is 5. The summed E-state index contributed by atoms with van der Waals surface area (Å²) in [5.41, 5.74) is 4.31. The van der Waals surface area contributed by atoms with Crippen LogP contribution in [0.2, 0.25) is 5.02 Å². The van der Waals surface area contributed by atoms with Crippen molar-refractivity contribution in [2.45, 2.75) is 20.0 Å². The number of rotatable bonds is 4. The van der Waals surface area contributed by atoms with Gasteiger partial charge >= 0.3 is 6.01 Å². The fraction of sp³-hybridized carbons (Fsp3) is 0.231. The second kappa shape index (κ2) is 8.48. The van der Waals surface area contributed by atoms with Crippen LogP contribution in [0.25, 0.3) is 38.9 Å². The highest BCUT2D eigenvalue weighted by Gasteiger charge is 2.20. The van der Waals surface area contributed by atoms with Gasteiger partial charge in [-0.05, 0) is 62.0 Å². The lowest BCUT2D eigenvalue weighted by atomic mass is 10.0. The Labute approximate surface area is 206 Å². The molecule has 1 aliphatic heterocycles. The summed E-state index contributed by atoms with van der Waals surface area (Å²) >= 11 is 6.12. The van der Waals surface area contributed by atoms with Crippen LogP contribution in [0.3, 0.4) is 0 Å². The van der Waals surface area contributed by atoms with E-state index < -0.39 is 0 Å². The lowest BCUT2D eigenvalue weighted by molar-refractivity contribution is 0.267. The number of hydrogen-bond acceptors (Lipinski definition) is 6. The molecule has 0 radical (unpaired) electrons. The maximum Gasteiger partial charge on any atom is 0.318 e. The van der Waals surface area contributed by atoms with Crippen molar-refractivity contribution in [1.82, 2.24) is 29.0 Å². The Morgan fingerprint density at radius 1 is 1.06 bits per heavy atom. The van der Waals surface area contributed by atoms with Crippen molar-refractivity contribution in [3.63, 3.8) is 0 Å². The maximum absolute atomic E-state index is 13.9. The molecule has 9 heteroatoms. The fourth-order valence-electron chi connectivity index (χ4n) is 4.62. The molecule has 0 amide bonds. The summed E-state index contributed by atoms with van der Waals surface area (Å²) in [6.07, 6.45) is 1.69. The number of nitrogens with zero attached hydrogens (tertiary/aromatic N) is 6. The van der Waals surface area contributed by atoms with E-state index in [1.165, 1.54) is 0 Å². The summed E-state index contributed by atoms with van der Waals surface area (Å²) in [6.45, 7) is 4.93. The molecule has 0 saturated carbocycles. The summed E-state index contributed by atoms with van der Waals surface area (Å²) in [6, 6.07) is 15.2. The summed E-state index contributed by atoms with van der Waals surface area (Å²) in [4.78, 5) is 29.9. The van der Waals surface area contributed by atoms with Crippen molar-refractivity contribution in [3.8, 4) is 22.8 Å². The molecule has 3 aromatic heterocycles. The van der Waals surface area contributed by atoms with Crippen LogP contribution in [-0.2, 0) is 13.1 Å². The van der Waals surface area contributed by atoms with Crippen molar-refractivity contribution in [2.75, 3.05) is 20.2 Å². The number of fused-ring (bicyclic) bond motifs is 4. The molecule has 0 N–H and O–H groups in total. The van der Waals surface area contributed by atoms with E-state index in [1.54, 1.807) is 22.9 Å². The molecule has 0 saturated heterocycles. The molecule has 6 rings (SSSR count). The zero-order valence-corrected chi connectivity index (χ0v) is 20.2. The van der Waals surface area contributed by atoms with Gasteiger partial charge in [0.1, 0.15) is 5.82 Å². The molecule has 176 valence electrons. The van der Waals surface area contributed by atoms with Crippen molar-refractivity contribution >= 4 is 33.7 Å². The van der Waals surface area contributed by atoms with E-state index in [0.717, 1.165) is 47.4 Å². The van der Waals surface area contributed by atoms with Gasteiger partial charge in [-0.1, -0.05) is 17.7 Å². The third-order valence-electron chi connectivity index (χ3n) is 6.33. The van der Waals surface area contributed by atoms with Gasteiger partial charge < -0.3 is 9.30 Å². The van der Waals surface area contributed by atoms with Crippen LogP contribution < -0.4 is 10.3 Å². The van der Waals surface area contributed by atoms with Crippen LogP contribution in [0.15, 0.2) is 59.5 Å². The molecule has 0 spiro atoms. The highest BCUT2D eigenvalue weighted by Crippen LogP contribution is 2.28. The molecule has 0 fully saturated rings. The van der Waals surface area contributed by atoms with Gasteiger partial charge in [-0.25, -0.2) is 9.97 Å². The minimum atomic E-state index is -0.182. The Kier molecular flexibility index (Phi) is 5.27. The lowest BCUT2D eigenvalue weighted by Crippen LogP contribution is -2.30. The summed E-state index contributed by atoms with van der Waals surface area (Å²) in [7, 11) is 2.10. The number of benzene rings is 2. The predicted octanol–water partition coefficient (Wildman–Crippen LogP) is 4.29. The van der Waals surface area contributed by atoms with Crippen LogP contribution >= 0.6 is 11.6 Å². The van der Waals surface area contributed by atoms with Crippen LogP contribution in [0.5, 0.6) is 6.01 Å². The third-order valence-corrected chi connectivity index (χ3v) is 6.58. The number of hydrogen-bond donors (Lipinski definition) is 0. The molecular formula is C26H23ClN6O2. The monoisotopic (exact) mass is 486 g/mol. The topological polar surface area (TPSA) is 78.1 Å². The van der Waals surface area contributed by atoms with Gasteiger partial charge in [-0.15, -0.1) is 0 Å². The Bertz CT molecular complexity index is 1640. The number of likely N-dealkylation sites (N-methyl/N-ethyl adjacent to an activating group) is 1. The molecule has 0 unspecified atom stereocenters. The van der Waals surface area contributed by atoms with Crippen molar-refractivity contribution < 1.29 is 4.74 Å². The Morgan fingerprint density at radius 2 is 1.89 bits per heavy atom. The highest BCUT2D eigenvalue weighted by atomic mass is 35.5. The summed E-state index contributed by atoms with van der Waals surface area (Å²) in [5.74, 6) is 1.04. The minimum Gasteiger partial charge on any atom is -0.464 e. The second-order valence-electron chi connectivity index (χ2n) is 8.66. The van der Waals surface area contributed by atoms with Crippen molar-refractivity contribution in [3.05, 3.63) is 75.9 Å². The third kappa shape index (κ3) is 3.75. The van der Waals surface area contributed by atoms with E-state index in [9.17, 15) is 4.79 Å². The molecule has 2 aromatic carbocycles. The van der Waals surface area contributed by atoms with E-state index >= 15 is 0 Å². The van der Waals surface area contributed by atoms with Crippen molar-refractivity contribution in [1.29, 1.82) is 0 Å². The van der Waals surface area contributed by atoms with E-state index in [0.29, 0.717) is 28.5 Å². The van der Waals surface area contributed by atoms with Crippen molar-refractivity contribution in [2.24, 2.45) is 0 Å². The van der Waals surface area contributed by atoms with Crippen LogP contribution in [0, 0.1) is 0 Å². The molecule has 0 aliphatic carbocycles. The van der Waals surface area contributed by atoms with Gasteiger partial charge in [0.15, 0.2) is 5.65 Å². The Balaban J connectivity index is 1.59. The van der Waals surface area contributed by atoms with Gasteiger partial charge in [0.05, 0.1) is 29.9 Å². The number of ether oxygens (including phenoxy) is 1. The summed E-state index contributed by atoms with van der Waals surface area (Å²) in [5, 5.41) is 1.32. The predicted molar refractivity (Wildman–Crippen MR) is 136 cm³/mol. The largest absolute Gasteiger partial charge is 0.464 e. The van der Waals surface area contributed by atoms with Gasteiger partial charge in [-0.2, -0.15) is 4.98 Å². The molecule has 0 bridgehead atoms. The smallest absolute Gasteiger partial charge is 0.318 e. The molecule has 0 atom stereocenters. The van der Waals surface area contributed by atoms with E-state index in [2.05, 4.69) is 32.5 Å². The number of pyridine rings is 1. The van der Waals surface area contributed by atoms with E-state index in [4.69, 9.17) is 21.3 Å². The van der Waals surface area contributed by atoms with E-state index in [-0.39, 0.29) is 11.6 Å². The molecular weight excluding hydrogens is 464 g/mol. The molecule has 1 aliphatic rings. The zero-order valence-electron chi connectivity index (χ0n) is 19.4. The minimum absolute atomic E-state index is 0.182. The summed E-state index contributed by atoms with van der Waals surface area (Å²) < 4.78 is 9.35. The molecule has 4 heterocycles. The van der Waals surface area contributed by atoms with Gasteiger partial charge in [0.25, 0.3) is 5.56 Å². The van der Waals surface area contributed by atoms with Gasteiger partial charge in [-0.3, -0.25) is 14.3 Å². The normalized spacial score (nSPS) is 13.9. The SMILES string of the molecule is CCOc1ncc2cc(-c3ccc4nc5n(c4c3)CCN(C)C5)c(=O)n(-c3ccc(Cl)cc3)c2n1. The quantitative estimate of drug-likeness (QED) is 0.377. The fourth-order valence-corrected chi connectivity index (χ4v) is 4.74. The van der Waals surface area contributed by atoms with Gasteiger partial charge in [0.2, 0.25) is 0 Å². The number of imidazole rings is 1. The second-order valence-corrected chi connectivity index (χ2v) is 9.10. The Morgan fingerprint density at radius 3 is 2.69 bits per heavy atom. The van der Waals surface area contributed by atoms with Crippen LogP contribution in [0.4, 0.5) is 0 Å².